The molecule has 0 saturated carbocycles. The number of hydrogen-bond donors (Lipinski definition) is 1. The van der Waals surface area contributed by atoms with Crippen LogP contribution in [0.15, 0.2) is 78.0 Å². The lowest BCUT2D eigenvalue weighted by Crippen LogP contribution is -2.41. The van der Waals surface area contributed by atoms with Crippen molar-refractivity contribution in [1.82, 2.24) is 9.71 Å². The number of fused-ring (bicyclic) bond motifs is 1. The third-order valence-electron chi connectivity index (χ3n) is 6.57. The lowest BCUT2D eigenvalue weighted by molar-refractivity contribution is -0.118. The van der Waals surface area contributed by atoms with E-state index >= 15 is 4.39 Å². The van der Waals surface area contributed by atoms with Crippen LogP contribution in [0.4, 0.5) is 10.1 Å². The summed E-state index contributed by atoms with van der Waals surface area (Å²) in [5.74, 6) is -1.04. The van der Waals surface area contributed by atoms with E-state index in [0.717, 1.165) is 29.4 Å². The highest BCUT2D eigenvalue weighted by Gasteiger charge is 2.36. The lowest BCUT2D eigenvalue weighted by Gasteiger charge is -2.19. The van der Waals surface area contributed by atoms with Crippen molar-refractivity contribution in [1.29, 1.82) is 0 Å². The van der Waals surface area contributed by atoms with E-state index in [4.69, 9.17) is 11.6 Å². The number of benzene rings is 3. The Morgan fingerprint density at radius 3 is 2.65 bits per heavy atom. The SMILES string of the molecule is CCCc1ccncc1-c1ccc(N2CCC(NS(=O)(=O)c3ccc4cc(Cl)ccc4c3)C2=O)c(F)c1. The van der Waals surface area contributed by atoms with E-state index in [1.807, 2.05) is 6.07 Å². The van der Waals surface area contributed by atoms with Crippen molar-refractivity contribution < 1.29 is 17.6 Å². The number of hydrogen-bond acceptors (Lipinski definition) is 4. The number of sulfonamides is 1. The van der Waals surface area contributed by atoms with Gasteiger partial charge in [-0.25, -0.2) is 12.8 Å². The molecule has 190 valence electrons. The molecule has 1 saturated heterocycles. The number of anilines is 1. The van der Waals surface area contributed by atoms with Gasteiger partial charge in [0.15, 0.2) is 0 Å². The molecule has 1 aromatic heterocycles. The number of aryl methyl sites for hydroxylation is 1. The number of aromatic nitrogens is 1. The number of nitrogens with one attached hydrogen (secondary N) is 1. The molecule has 1 aliphatic rings. The van der Waals surface area contributed by atoms with E-state index in [-0.39, 0.29) is 23.5 Å². The predicted octanol–water partition coefficient (Wildman–Crippen LogP) is 5.73. The van der Waals surface area contributed by atoms with Crippen molar-refractivity contribution in [3.05, 3.63) is 89.5 Å². The molecule has 3 aromatic carbocycles. The van der Waals surface area contributed by atoms with E-state index < -0.39 is 27.8 Å². The topological polar surface area (TPSA) is 79.4 Å². The largest absolute Gasteiger partial charge is 0.308 e. The number of pyridine rings is 1. The molecule has 5 rings (SSSR count). The average molecular weight is 538 g/mol. The minimum Gasteiger partial charge on any atom is -0.308 e. The molecule has 9 heteroatoms. The van der Waals surface area contributed by atoms with Gasteiger partial charge < -0.3 is 4.90 Å². The number of carbonyl (C=O) groups excluding carboxylic acids is 1. The number of amides is 1. The Balaban J connectivity index is 1.35. The van der Waals surface area contributed by atoms with E-state index in [1.165, 1.54) is 23.1 Å². The molecule has 2 heterocycles. The van der Waals surface area contributed by atoms with Crippen LogP contribution < -0.4 is 9.62 Å². The molecule has 0 spiro atoms. The van der Waals surface area contributed by atoms with E-state index in [2.05, 4.69) is 16.6 Å². The summed E-state index contributed by atoms with van der Waals surface area (Å²) < 4.78 is 43.8. The van der Waals surface area contributed by atoms with Gasteiger partial charge in [0, 0.05) is 29.5 Å². The minimum atomic E-state index is -3.98. The first-order valence-corrected chi connectivity index (χ1v) is 13.9. The highest BCUT2D eigenvalue weighted by molar-refractivity contribution is 7.89. The van der Waals surface area contributed by atoms with Gasteiger partial charge in [-0.15, -0.1) is 0 Å². The maximum absolute atomic E-state index is 15.2. The van der Waals surface area contributed by atoms with Crippen LogP contribution in [0.2, 0.25) is 5.02 Å². The molecule has 1 amide bonds. The van der Waals surface area contributed by atoms with Gasteiger partial charge in [0.1, 0.15) is 11.9 Å². The Kier molecular flexibility index (Phi) is 6.98. The summed E-state index contributed by atoms with van der Waals surface area (Å²) in [4.78, 5) is 18.6. The second kappa shape index (κ2) is 10.2. The zero-order chi connectivity index (χ0) is 26.2. The molecular formula is C28H25ClFN3O3S. The first-order chi connectivity index (χ1) is 17.8. The van der Waals surface area contributed by atoms with Crippen LogP contribution in [0.1, 0.15) is 25.3 Å². The van der Waals surface area contributed by atoms with Crippen LogP contribution in [0, 0.1) is 5.82 Å². The summed E-state index contributed by atoms with van der Waals surface area (Å²) in [6.07, 6.45) is 5.46. The molecular weight excluding hydrogens is 513 g/mol. The van der Waals surface area contributed by atoms with Crippen molar-refractivity contribution in [3.8, 4) is 11.1 Å². The molecule has 0 radical (unpaired) electrons. The lowest BCUT2D eigenvalue weighted by atomic mass is 9.98. The molecule has 0 bridgehead atoms. The van der Waals surface area contributed by atoms with Crippen molar-refractivity contribution in [3.63, 3.8) is 0 Å². The second-order valence-electron chi connectivity index (χ2n) is 9.05. The molecule has 1 fully saturated rings. The van der Waals surface area contributed by atoms with Crippen LogP contribution in [0.25, 0.3) is 21.9 Å². The van der Waals surface area contributed by atoms with Crippen LogP contribution in [0.3, 0.4) is 0 Å². The average Bonchev–Trinajstić information content (AvgIpc) is 3.23. The molecule has 1 aliphatic heterocycles. The van der Waals surface area contributed by atoms with Crippen LogP contribution >= 0.6 is 11.6 Å². The fourth-order valence-electron chi connectivity index (χ4n) is 4.71. The number of rotatable bonds is 7. The number of halogens is 2. The van der Waals surface area contributed by atoms with Gasteiger partial charge in [-0.3, -0.25) is 9.78 Å². The van der Waals surface area contributed by atoms with Crippen molar-refractivity contribution >= 4 is 44.0 Å². The second-order valence-corrected chi connectivity index (χ2v) is 11.2. The Morgan fingerprint density at radius 2 is 1.86 bits per heavy atom. The summed E-state index contributed by atoms with van der Waals surface area (Å²) in [6.45, 7) is 2.28. The van der Waals surface area contributed by atoms with Crippen molar-refractivity contribution in [2.75, 3.05) is 11.4 Å². The van der Waals surface area contributed by atoms with E-state index in [9.17, 15) is 13.2 Å². The quantitative estimate of drug-likeness (QED) is 0.326. The van der Waals surface area contributed by atoms with Crippen molar-refractivity contribution in [2.24, 2.45) is 0 Å². The highest BCUT2D eigenvalue weighted by Crippen LogP contribution is 2.31. The fourth-order valence-corrected chi connectivity index (χ4v) is 6.15. The third-order valence-corrected chi connectivity index (χ3v) is 8.27. The first-order valence-electron chi connectivity index (χ1n) is 12.0. The van der Waals surface area contributed by atoms with E-state index in [0.29, 0.717) is 16.0 Å². The normalized spacial score (nSPS) is 16.0. The summed E-state index contributed by atoms with van der Waals surface area (Å²) in [5, 5.41) is 2.08. The van der Waals surface area contributed by atoms with Gasteiger partial charge in [-0.2, -0.15) is 4.72 Å². The molecule has 1 unspecified atom stereocenters. The molecule has 37 heavy (non-hydrogen) atoms. The first kappa shape index (κ1) is 25.3. The molecule has 0 aliphatic carbocycles. The van der Waals surface area contributed by atoms with Gasteiger partial charge in [-0.05, 0) is 77.2 Å². The standard InChI is InChI=1S/C28H25ClFN3O3S/c1-2-3-18-10-12-31-17-24(18)21-6-9-27(25(30)16-21)33-13-11-26(28(33)34)32-37(35,36)23-8-5-19-14-22(29)7-4-20(19)15-23/h4-10,12,14-17,26,32H,2-3,11,13H2,1H3. The summed E-state index contributed by atoms with van der Waals surface area (Å²) in [5.41, 5.74) is 2.73. The monoisotopic (exact) mass is 537 g/mol. The zero-order valence-electron chi connectivity index (χ0n) is 20.1. The summed E-state index contributed by atoms with van der Waals surface area (Å²) >= 11 is 6.01. The molecule has 1 atom stereocenters. The minimum absolute atomic E-state index is 0.0449. The van der Waals surface area contributed by atoms with Gasteiger partial charge >= 0.3 is 0 Å². The van der Waals surface area contributed by atoms with Crippen LogP contribution in [-0.4, -0.2) is 31.9 Å². The van der Waals surface area contributed by atoms with Crippen LogP contribution in [0.5, 0.6) is 0 Å². The Labute approximate surface area is 220 Å². The summed E-state index contributed by atoms with van der Waals surface area (Å²) in [7, 11) is -3.98. The maximum Gasteiger partial charge on any atom is 0.245 e. The third kappa shape index (κ3) is 5.09. The van der Waals surface area contributed by atoms with Gasteiger partial charge in [-0.1, -0.05) is 43.1 Å². The number of nitrogens with zero attached hydrogens (tertiary/aromatic N) is 2. The highest BCUT2D eigenvalue weighted by atomic mass is 35.5. The van der Waals surface area contributed by atoms with Gasteiger partial charge in [0.25, 0.3) is 0 Å². The van der Waals surface area contributed by atoms with Crippen LogP contribution in [-0.2, 0) is 21.2 Å². The van der Waals surface area contributed by atoms with Crippen molar-refractivity contribution in [2.45, 2.75) is 37.1 Å². The van der Waals surface area contributed by atoms with E-state index in [1.54, 1.807) is 48.8 Å². The van der Waals surface area contributed by atoms with Gasteiger partial charge in [0.2, 0.25) is 15.9 Å². The predicted molar refractivity (Wildman–Crippen MR) is 144 cm³/mol. The Hall–Kier alpha value is -3.33. The molecule has 4 aromatic rings. The zero-order valence-corrected chi connectivity index (χ0v) is 21.7. The maximum atomic E-state index is 15.2. The Morgan fingerprint density at radius 1 is 1.08 bits per heavy atom. The fraction of sp³-hybridized carbons (Fsp3) is 0.214. The molecule has 6 nitrogen and oxygen atoms in total. The van der Waals surface area contributed by atoms with Gasteiger partial charge in [0.05, 0.1) is 10.6 Å². The number of carbonyl (C=O) groups is 1. The molecule has 1 N–H and O–H groups in total. The Bertz CT molecular complexity index is 1610. The smallest absolute Gasteiger partial charge is 0.245 e. The summed E-state index contributed by atoms with van der Waals surface area (Å²) in [6, 6.07) is 15.5.